The normalized spacial score (nSPS) is 17.1. The van der Waals surface area contributed by atoms with E-state index < -0.39 is 0 Å². The molecular formula is C11H16N2O. The zero-order chi connectivity index (χ0) is 9.97. The van der Waals surface area contributed by atoms with Crippen LogP contribution in [0.4, 0.5) is 0 Å². The molecule has 1 aromatic rings. The van der Waals surface area contributed by atoms with Crippen LogP contribution in [0.3, 0.4) is 0 Å². The van der Waals surface area contributed by atoms with Gasteiger partial charge in [0, 0.05) is 25.0 Å². The first kappa shape index (κ1) is 9.31. The Morgan fingerprint density at radius 1 is 1.36 bits per heavy atom. The maximum absolute atomic E-state index is 12.0. The molecule has 1 amide bonds. The summed E-state index contributed by atoms with van der Waals surface area (Å²) in [6.07, 6.45) is 5.38. The maximum atomic E-state index is 12.0. The van der Waals surface area contributed by atoms with Crippen LogP contribution < -0.4 is 0 Å². The van der Waals surface area contributed by atoms with Crippen LogP contribution in [0.15, 0.2) is 12.3 Å². The summed E-state index contributed by atoms with van der Waals surface area (Å²) >= 11 is 0. The molecule has 0 aromatic carbocycles. The number of hydrogen-bond acceptors (Lipinski definition) is 1. The van der Waals surface area contributed by atoms with E-state index in [1.54, 1.807) is 0 Å². The number of hydrogen-bond donors (Lipinski definition) is 1. The van der Waals surface area contributed by atoms with Crippen molar-refractivity contribution in [2.45, 2.75) is 26.2 Å². The van der Waals surface area contributed by atoms with Gasteiger partial charge in [0.2, 0.25) is 0 Å². The third-order valence-corrected chi connectivity index (χ3v) is 2.83. The van der Waals surface area contributed by atoms with Gasteiger partial charge in [0.15, 0.2) is 0 Å². The Hall–Kier alpha value is -1.25. The summed E-state index contributed by atoms with van der Waals surface area (Å²) in [7, 11) is 0. The third kappa shape index (κ3) is 1.67. The standard InChI is InChI=1S/C11H16N2O/c1-9-10(5-6-12-9)11(14)13-7-3-2-4-8-13/h5-6,12H,2-4,7-8H2,1H3. The zero-order valence-corrected chi connectivity index (χ0v) is 8.55. The number of rotatable bonds is 1. The molecule has 14 heavy (non-hydrogen) atoms. The van der Waals surface area contributed by atoms with Crippen molar-refractivity contribution < 1.29 is 4.79 Å². The molecule has 0 unspecified atom stereocenters. The molecule has 2 heterocycles. The van der Waals surface area contributed by atoms with Gasteiger partial charge in [0.05, 0.1) is 5.56 Å². The highest BCUT2D eigenvalue weighted by Crippen LogP contribution is 2.14. The predicted molar refractivity (Wildman–Crippen MR) is 55.3 cm³/mol. The summed E-state index contributed by atoms with van der Waals surface area (Å²) < 4.78 is 0. The van der Waals surface area contributed by atoms with Crippen LogP contribution in [0.25, 0.3) is 0 Å². The second-order valence-corrected chi connectivity index (χ2v) is 3.87. The number of aryl methyl sites for hydroxylation is 1. The first-order valence-electron chi connectivity index (χ1n) is 5.22. The van der Waals surface area contributed by atoms with Crippen molar-refractivity contribution in [2.75, 3.05) is 13.1 Å². The molecule has 3 heteroatoms. The Morgan fingerprint density at radius 2 is 2.07 bits per heavy atom. The SMILES string of the molecule is Cc1[nH]ccc1C(=O)N1CCCCC1. The Labute approximate surface area is 84.1 Å². The number of likely N-dealkylation sites (tertiary alicyclic amines) is 1. The molecule has 0 spiro atoms. The van der Waals surface area contributed by atoms with Crippen LogP contribution in [-0.4, -0.2) is 28.9 Å². The number of nitrogens with zero attached hydrogens (tertiary/aromatic N) is 1. The number of aromatic nitrogens is 1. The minimum atomic E-state index is 0.184. The number of carbonyl (C=O) groups is 1. The van der Waals surface area contributed by atoms with Crippen LogP contribution in [0.1, 0.15) is 35.3 Å². The smallest absolute Gasteiger partial charge is 0.255 e. The summed E-state index contributed by atoms with van der Waals surface area (Å²) in [5, 5.41) is 0. The van der Waals surface area contributed by atoms with E-state index in [9.17, 15) is 4.79 Å². The van der Waals surface area contributed by atoms with Gasteiger partial charge in [-0.25, -0.2) is 0 Å². The van der Waals surface area contributed by atoms with Gasteiger partial charge in [0.25, 0.3) is 5.91 Å². The van der Waals surface area contributed by atoms with Gasteiger partial charge in [-0.1, -0.05) is 0 Å². The summed E-state index contributed by atoms with van der Waals surface area (Å²) in [5.74, 6) is 0.184. The average molecular weight is 192 g/mol. The lowest BCUT2D eigenvalue weighted by Crippen LogP contribution is -2.35. The van der Waals surface area contributed by atoms with Crippen molar-refractivity contribution in [2.24, 2.45) is 0 Å². The van der Waals surface area contributed by atoms with Crippen molar-refractivity contribution >= 4 is 5.91 Å². The molecule has 1 saturated heterocycles. The topological polar surface area (TPSA) is 36.1 Å². The van der Waals surface area contributed by atoms with Gasteiger partial charge in [-0.3, -0.25) is 4.79 Å². The highest BCUT2D eigenvalue weighted by Gasteiger charge is 2.19. The lowest BCUT2D eigenvalue weighted by Gasteiger charge is -2.26. The number of nitrogens with one attached hydrogen (secondary N) is 1. The molecular weight excluding hydrogens is 176 g/mol. The van der Waals surface area contributed by atoms with Crippen molar-refractivity contribution in [1.29, 1.82) is 0 Å². The van der Waals surface area contributed by atoms with Gasteiger partial charge < -0.3 is 9.88 Å². The minimum absolute atomic E-state index is 0.184. The van der Waals surface area contributed by atoms with E-state index in [0.717, 1.165) is 37.2 Å². The molecule has 1 aromatic heterocycles. The van der Waals surface area contributed by atoms with E-state index in [-0.39, 0.29) is 5.91 Å². The van der Waals surface area contributed by atoms with Crippen LogP contribution in [-0.2, 0) is 0 Å². The fourth-order valence-electron chi connectivity index (χ4n) is 1.95. The van der Waals surface area contributed by atoms with Gasteiger partial charge in [-0.15, -0.1) is 0 Å². The summed E-state index contributed by atoms with van der Waals surface area (Å²) in [6.45, 7) is 3.78. The number of H-pyrrole nitrogens is 1. The van der Waals surface area contributed by atoms with E-state index in [4.69, 9.17) is 0 Å². The monoisotopic (exact) mass is 192 g/mol. The van der Waals surface area contributed by atoms with Crippen molar-refractivity contribution in [1.82, 2.24) is 9.88 Å². The number of amides is 1. The molecule has 0 atom stereocenters. The molecule has 1 aliphatic heterocycles. The summed E-state index contributed by atoms with van der Waals surface area (Å²) in [4.78, 5) is 17.0. The van der Waals surface area contributed by atoms with Crippen LogP contribution in [0.5, 0.6) is 0 Å². The Kier molecular flexibility index (Phi) is 2.57. The second kappa shape index (κ2) is 3.86. The van der Waals surface area contributed by atoms with E-state index in [2.05, 4.69) is 4.98 Å². The quantitative estimate of drug-likeness (QED) is 0.725. The van der Waals surface area contributed by atoms with Crippen LogP contribution in [0, 0.1) is 6.92 Å². The predicted octanol–water partition coefficient (Wildman–Crippen LogP) is 1.95. The van der Waals surface area contributed by atoms with Crippen LogP contribution in [0.2, 0.25) is 0 Å². The molecule has 76 valence electrons. The van der Waals surface area contributed by atoms with E-state index in [1.807, 2.05) is 24.1 Å². The largest absolute Gasteiger partial charge is 0.365 e. The van der Waals surface area contributed by atoms with Gasteiger partial charge >= 0.3 is 0 Å². The van der Waals surface area contributed by atoms with Gasteiger partial charge in [-0.2, -0.15) is 0 Å². The number of aromatic amines is 1. The molecule has 0 bridgehead atoms. The average Bonchev–Trinajstić information content (AvgIpc) is 2.65. The molecule has 0 saturated carbocycles. The zero-order valence-electron chi connectivity index (χ0n) is 8.55. The minimum Gasteiger partial charge on any atom is -0.365 e. The van der Waals surface area contributed by atoms with Crippen molar-refractivity contribution in [3.05, 3.63) is 23.5 Å². The third-order valence-electron chi connectivity index (χ3n) is 2.83. The van der Waals surface area contributed by atoms with Crippen molar-refractivity contribution in [3.8, 4) is 0 Å². The Balaban J connectivity index is 2.11. The first-order valence-corrected chi connectivity index (χ1v) is 5.22. The maximum Gasteiger partial charge on any atom is 0.255 e. The van der Waals surface area contributed by atoms with E-state index in [1.165, 1.54) is 6.42 Å². The molecule has 1 fully saturated rings. The first-order chi connectivity index (χ1) is 6.79. The van der Waals surface area contributed by atoms with E-state index >= 15 is 0 Å². The van der Waals surface area contributed by atoms with Crippen LogP contribution >= 0.6 is 0 Å². The lowest BCUT2D eigenvalue weighted by atomic mass is 10.1. The second-order valence-electron chi connectivity index (χ2n) is 3.87. The summed E-state index contributed by atoms with van der Waals surface area (Å²) in [5.41, 5.74) is 1.80. The molecule has 1 aliphatic rings. The van der Waals surface area contributed by atoms with Crippen molar-refractivity contribution in [3.63, 3.8) is 0 Å². The molecule has 0 aliphatic carbocycles. The highest BCUT2D eigenvalue weighted by molar-refractivity contribution is 5.95. The van der Waals surface area contributed by atoms with E-state index in [0.29, 0.717) is 0 Å². The molecule has 1 N–H and O–H groups in total. The Bertz CT molecular complexity index is 324. The fourth-order valence-corrected chi connectivity index (χ4v) is 1.95. The molecule has 0 radical (unpaired) electrons. The fraction of sp³-hybridized carbons (Fsp3) is 0.545. The summed E-state index contributed by atoms with van der Waals surface area (Å²) in [6, 6.07) is 1.87. The lowest BCUT2D eigenvalue weighted by molar-refractivity contribution is 0.0724. The van der Waals surface area contributed by atoms with Gasteiger partial charge in [0.1, 0.15) is 0 Å². The number of piperidine rings is 1. The molecule has 2 rings (SSSR count). The highest BCUT2D eigenvalue weighted by atomic mass is 16.2. The number of carbonyl (C=O) groups excluding carboxylic acids is 1. The Morgan fingerprint density at radius 3 is 2.64 bits per heavy atom. The van der Waals surface area contributed by atoms with Gasteiger partial charge in [-0.05, 0) is 32.3 Å². The molecule has 3 nitrogen and oxygen atoms in total.